The van der Waals surface area contributed by atoms with Crippen LogP contribution in [-0.4, -0.2) is 35.0 Å². The van der Waals surface area contributed by atoms with Crippen LogP contribution in [-0.2, 0) is 9.59 Å². The highest BCUT2D eigenvalue weighted by molar-refractivity contribution is 5.77. The maximum Gasteiger partial charge on any atom is 0.303 e. The Morgan fingerprint density at radius 1 is 1.05 bits per heavy atom. The normalized spacial score (nSPS) is 38.3. The molecule has 118 valence electrons. The zero-order chi connectivity index (χ0) is 15.1. The second kappa shape index (κ2) is 5.62. The highest BCUT2D eigenvalue weighted by atomic mass is 16.4. The monoisotopic (exact) mass is 293 g/mol. The summed E-state index contributed by atoms with van der Waals surface area (Å²) in [7, 11) is 1.95. The fourth-order valence-electron chi connectivity index (χ4n) is 5.51. The van der Waals surface area contributed by atoms with Crippen molar-refractivity contribution < 1.29 is 14.7 Å². The second-order valence-corrected chi connectivity index (χ2v) is 7.83. The van der Waals surface area contributed by atoms with Crippen molar-refractivity contribution >= 4 is 11.9 Å². The first kappa shape index (κ1) is 14.9. The van der Waals surface area contributed by atoms with Crippen molar-refractivity contribution in [3.05, 3.63) is 0 Å². The summed E-state index contributed by atoms with van der Waals surface area (Å²) in [6, 6.07) is 0.419. The molecule has 0 heterocycles. The van der Waals surface area contributed by atoms with Gasteiger partial charge in [-0.15, -0.1) is 0 Å². The molecule has 0 spiro atoms. The van der Waals surface area contributed by atoms with E-state index in [2.05, 4.69) is 0 Å². The highest BCUT2D eigenvalue weighted by Crippen LogP contribution is 2.55. The van der Waals surface area contributed by atoms with Gasteiger partial charge in [0, 0.05) is 25.9 Å². The van der Waals surface area contributed by atoms with Gasteiger partial charge in [-0.1, -0.05) is 6.92 Å². The van der Waals surface area contributed by atoms with E-state index in [0.717, 1.165) is 11.8 Å². The predicted molar refractivity (Wildman–Crippen MR) is 79.6 cm³/mol. The molecule has 0 aromatic rings. The van der Waals surface area contributed by atoms with Crippen LogP contribution >= 0.6 is 0 Å². The quantitative estimate of drug-likeness (QED) is 0.848. The van der Waals surface area contributed by atoms with E-state index >= 15 is 0 Å². The van der Waals surface area contributed by atoms with Gasteiger partial charge in [0.1, 0.15) is 0 Å². The van der Waals surface area contributed by atoms with Gasteiger partial charge in [0.2, 0.25) is 5.91 Å². The van der Waals surface area contributed by atoms with Crippen molar-refractivity contribution in [1.82, 2.24) is 4.90 Å². The number of aliphatic carboxylic acids is 1. The van der Waals surface area contributed by atoms with E-state index in [4.69, 9.17) is 5.11 Å². The standard InChI is InChI=1S/C17H27NO3/c1-10(4-16(20)21)3-15(19)18(2)17-13-6-11-5-12(8-13)9-14(17)7-11/h10-14,17H,3-9H2,1-2H3,(H,20,21). The SMILES string of the molecule is CC(CC(=O)O)CC(=O)N(C)C1C2CC3CC(C2)CC1C3. The molecule has 0 radical (unpaired) electrons. The molecule has 1 atom stereocenters. The van der Waals surface area contributed by atoms with E-state index in [1.807, 2.05) is 18.9 Å². The van der Waals surface area contributed by atoms with Gasteiger partial charge in [-0.05, 0) is 61.7 Å². The van der Waals surface area contributed by atoms with E-state index < -0.39 is 5.97 Å². The van der Waals surface area contributed by atoms with Gasteiger partial charge in [0.15, 0.2) is 0 Å². The van der Waals surface area contributed by atoms with Gasteiger partial charge in [-0.3, -0.25) is 9.59 Å². The molecule has 1 amide bonds. The first-order chi connectivity index (χ1) is 9.94. The summed E-state index contributed by atoms with van der Waals surface area (Å²) in [5.41, 5.74) is 0. The van der Waals surface area contributed by atoms with Crippen LogP contribution in [0.4, 0.5) is 0 Å². The summed E-state index contributed by atoms with van der Waals surface area (Å²) in [5.74, 6) is 2.48. The summed E-state index contributed by atoms with van der Waals surface area (Å²) in [4.78, 5) is 25.2. The lowest BCUT2D eigenvalue weighted by Gasteiger charge is -2.56. The zero-order valence-electron chi connectivity index (χ0n) is 13.1. The molecule has 0 aromatic carbocycles. The first-order valence-corrected chi connectivity index (χ1v) is 8.41. The van der Waals surface area contributed by atoms with Gasteiger partial charge in [0.05, 0.1) is 0 Å². The number of carbonyl (C=O) groups is 2. The molecule has 21 heavy (non-hydrogen) atoms. The largest absolute Gasteiger partial charge is 0.481 e. The molecule has 4 aliphatic rings. The van der Waals surface area contributed by atoms with Crippen molar-refractivity contribution in [2.75, 3.05) is 7.05 Å². The number of carboxylic acid groups (broad SMARTS) is 1. The summed E-state index contributed by atoms with van der Waals surface area (Å²) >= 11 is 0. The molecule has 4 fully saturated rings. The van der Waals surface area contributed by atoms with Crippen molar-refractivity contribution in [2.24, 2.45) is 29.6 Å². The van der Waals surface area contributed by atoms with E-state index in [1.54, 1.807) is 0 Å². The molecule has 4 nitrogen and oxygen atoms in total. The molecule has 4 heteroatoms. The Labute approximate surface area is 126 Å². The average molecular weight is 293 g/mol. The third-order valence-corrected chi connectivity index (χ3v) is 6.06. The maximum absolute atomic E-state index is 12.5. The van der Waals surface area contributed by atoms with Crippen molar-refractivity contribution in [2.45, 2.75) is 57.9 Å². The fourth-order valence-corrected chi connectivity index (χ4v) is 5.51. The van der Waals surface area contributed by atoms with Crippen LogP contribution in [0.1, 0.15) is 51.9 Å². The van der Waals surface area contributed by atoms with Crippen LogP contribution < -0.4 is 0 Å². The Balaban J connectivity index is 1.61. The topological polar surface area (TPSA) is 57.6 Å². The van der Waals surface area contributed by atoms with Gasteiger partial charge in [-0.2, -0.15) is 0 Å². The molecule has 0 saturated heterocycles. The molecule has 4 rings (SSSR count). The van der Waals surface area contributed by atoms with Crippen LogP contribution in [0.25, 0.3) is 0 Å². The van der Waals surface area contributed by atoms with Gasteiger partial charge >= 0.3 is 5.97 Å². The number of hydrogen-bond acceptors (Lipinski definition) is 2. The highest BCUT2D eigenvalue weighted by Gasteiger charge is 2.50. The zero-order valence-corrected chi connectivity index (χ0v) is 13.1. The smallest absolute Gasteiger partial charge is 0.303 e. The number of nitrogens with zero attached hydrogens (tertiary/aromatic N) is 1. The van der Waals surface area contributed by atoms with Crippen LogP contribution in [0.3, 0.4) is 0 Å². The lowest BCUT2D eigenvalue weighted by atomic mass is 9.54. The Morgan fingerprint density at radius 3 is 2.05 bits per heavy atom. The van der Waals surface area contributed by atoms with Gasteiger partial charge in [0.25, 0.3) is 0 Å². The third-order valence-electron chi connectivity index (χ3n) is 6.06. The third kappa shape index (κ3) is 2.95. The number of carboxylic acids is 1. The van der Waals surface area contributed by atoms with Crippen molar-refractivity contribution in [3.63, 3.8) is 0 Å². The van der Waals surface area contributed by atoms with Crippen LogP contribution in [0.15, 0.2) is 0 Å². The maximum atomic E-state index is 12.5. The molecule has 4 aliphatic carbocycles. The molecule has 0 aromatic heterocycles. The van der Waals surface area contributed by atoms with Crippen LogP contribution in [0.2, 0.25) is 0 Å². The molecule has 0 aliphatic heterocycles. The number of rotatable bonds is 5. The van der Waals surface area contributed by atoms with E-state index in [1.165, 1.54) is 32.1 Å². The summed E-state index contributed by atoms with van der Waals surface area (Å²) in [6.45, 7) is 1.86. The second-order valence-electron chi connectivity index (χ2n) is 7.83. The molecule has 1 unspecified atom stereocenters. The minimum absolute atomic E-state index is 0.0747. The Morgan fingerprint density at radius 2 is 1.57 bits per heavy atom. The fraction of sp³-hybridized carbons (Fsp3) is 0.882. The summed E-state index contributed by atoms with van der Waals surface area (Å²) < 4.78 is 0. The van der Waals surface area contributed by atoms with E-state index in [9.17, 15) is 9.59 Å². The Hall–Kier alpha value is -1.06. The molecule has 4 saturated carbocycles. The van der Waals surface area contributed by atoms with Crippen LogP contribution in [0.5, 0.6) is 0 Å². The lowest BCUT2D eigenvalue weighted by molar-refractivity contribution is -0.143. The molecule has 4 bridgehead atoms. The number of carbonyl (C=O) groups excluding carboxylic acids is 1. The minimum Gasteiger partial charge on any atom is -0.481 e. The van der Waals surface area contributed by atoms with Crippen LogP contribution in [0, 0.1) is 29.6 Å². The summed E-state index contributed by atoms with van der Waals surface area (Å²) in [6.07, 6.45) is 7.10. The van der Waals surface area contributed by atoms with Gasteiger partial charge < -0.3 is 10.0 Å². The van der Waals surface area contributed by atoms with E-state index in [-0.39, 0.29) is 18.2 Å². The summed E-state index contributed by atoms with van der Waals surface area (Å²) in [5, 5.41) is 8.82. The number of hydrogen-bond donors (Lipinski definition) is 1. The minimum atomic E-state index is -0.812. The predicted octanol–water partition coefficient (Wildman–Crippen LogP) is 2.77. The Bertz CT molecular complexity index is 406. The average Bonchev–Trinajstić information content (AvgIpc) is 2.35. The number of amides is 1. The lowest BCUT2D eigenvalue weighted by Crippen LogP contribution is -2.56. The Kier molecular flexibility index (Phi) is 3.98. The van der Waals surface area contributed by atoms with Crippen molar-refractivity contribution in [3.8, 4) is 0 Å². The van der Waals surface area contributed by atoms with E-state index in [0.29, 0.717) is 24.3 Å². The molecular weight excluding hydrogens is 266 g/mol. The molecule has 1 N–H and O–H groups in total. The van der Waals surface area contributed by atoms with Gasteiger partial charge in [-0.25, -0.2) is 0 Å². The molecular formula is C17H27NO3. The van der Waals surface area contributed by atoms with Crippen molar-refractivity contribution in [1.29, 1.82) is 0 Å². The first-order valence-electron chi connectivity index (χ1n) is 8.41.